The number of amides is 1. The van der Waals surface area contributed by atoms with Gasteiger partial charge in [0.05, 0.1) is 0 Å². The van der Waals surface area contributed by atoms with Gasteiger partial charge in [0.25, 0.3) is 0 Å². The third-order valence-corrected chi connectivity index (χ3v) is 4.44. The summed E-state index contributed by atoms with van der Waals surface area (Å²) in [6.07, 6.45) is 4.46. The maximum absolute atomic E-state index is 12.0. The molecule has 0 radical (unpaired) electrons. The first-order valence-corrected chi connectivity index (χ1v) is 6.40. The van der Waals surface area contributed by atoms with Crippen LogP contribution >= 0.6 is 15.9 Å². The highest BCUT2D eigenvalue weighted by Crippen LogP contribution is 2.38. The highest BCUT2D eigenvalue weighted by atomic mass is 79.9. The van der Waals surface area contributed by atoms with Crippen LogP contribution in [0.3, 0.4) is 0 Å². The topological polar surface area (TPSA) is 29.1 Å². The van der Waals surface area contributed by atoms with Crippen LogP contribution in [0.25, 0.3) is 0 Å². The molecule has 0 atom stereocenters. The molecule has 0 aromatic rings. The minimum Gasteiger partial charge on any atom is -0.350 e. The van der Waals surface area contributed by atoms with Crippen LogP contribution in [0.2, 0.25) is 0 Å². The monoisotopic (exact) mass is 261 g/mol. The standard InChI is InChI=1S/C11H20BrNO/c1-10(2,8-12)13-9(14)11(3)6-4-5-7-11/h4-8H2,1-3H3,(H,13,14). The first-order chi connectivity index (χ1) is 6.40. The molecule has 0 aromatic carbocycles. The zero-order valence-electron chi connectivity index (χ0n) is 9.32. The number of carbonyl (C=O) groups is 1. The summed E-state index contributed by atoms with van der Waals surface area (Å²) in [5.74, 6) is 0.222. The van der Waals surface area contributed by atoms with Crippen molar-refractivity contribution in [1.82, 2.24) is 5.32 Å². The normalized spacial score (nSPS) is 20.9. The zero-order valence-corrected chi connectivity index (χ0v) is 10.9. The largest absolute Gasteiger partial charge is 0.350 e. The van der Waals surface area contributed by atoms with E-state index in [2.05, 4.69) is 28.2 Å². The SMILES string of the molecule is CC(C)(CBr)NC(=O)C1(C)CCCC1. The molecule has 1 saturated carbocycles. The molecule has 0 bridgehead atoms. The van der Waals surface area contributed by atoms with Gasteiger partial charge in [-0.25, -0.2) is 0 Å². The molecule has 14 heavy (non-hydrogen) atoms. The molecule has 1 aliphatic carbocycles. The van der Waals surface area contributed by atoms with Gasteiger partial charge in [-0.3, -0.25) is 4.79 Å². The van der Waals surface area contributed by atoms with Crippen molar-refractivity contribution in [1.29, 1.82) is 0 Å². The molecule has 0 unspecified atom stereocenters. The molecular formula is C11H20BrNO. The van der Waals surface area contributed by atoms with E-state index in [1.165, 1.54) is 12.8 Å². The quantitative estimate of drug-likeness (QED) is 0.778. The number of nitrogens with one attached hydrogen (secondary N) is 1. The Kier molecular flexibility index (Phi) is 3.62. The van der Waals surface area contributed by atoms with Crippen molar-refractivity contribution in [2.45, 2.75) is 52.0 Å². The Labute approximate surface area is 95.0 Å². The van der Waals surface area contributed by atoms with E-state index in [-0.39, 0.29) is 16.9 Å². The molecule has 1 rings (SSSR count). The Morgan fingerprint density at radius 3 is 2.36 bits per heavy atom. The van der Waals surface area contributed by atoms with E-state index >= 15 is 0 Å². The van der Waals surface area contributed by atoms with E-state index in [0.29, 0.717) is 0 Å². The lowest BCUT2D eigenvalue weighted by Crippen LogP contribution is -2.50. The minimum atomic E-state index is -0.136. The van der Waals surface area contributed by atoms with E-state index < -0.39 is 0 Å². The molecular weight excluding hydrogens is 242 g/mol. The van der Waals surface area contributed by atoms with Gasteiger partial charge in [0.1, 0.15) is 0 Å². The van der Waals surface area contributed by atoms with Crippen molar-refractivity contribution < 1.29 is 4.79 Å². The van der Waals surface area contributed by atoms with Crippen molar-refractivity contribution >= 4 is 21.8 Å². The Balaban J connectivity index is 2.57. The molecule has 0 heterocycles. The second-order valence-electron chi connectivity index (χ2n) is 5.24. The molecule has 1 N–H and O–H groups in total. The van der Waals surface area contributed by atoms with Crippen molar-refractivity contribution in [3.8, 4) is 0 Å². The second kappa shape index (κ2) is 4.21. The van der Waals surface area contributed by atoms with Crippen LogP contribution in [-0.2, 0) is 4.79 Å². The molecule has 1 fully saturated rings. The van der Waals surface area contributed by atoms with Crippen LogP contribution in [0.1, 0.15) is 46.5 Å². The van der Waals surface area contributed by atoms with Gasteiger partial charge >= 0.3 is 0 Å². The lowest BCUT2D eigenvalue weighted by molar-refractivity contribution is -0.131. The summed E-state index contributed by atoms with van der Waals surface area (Å²) < 4.78 is 0. The first kappa shape index (κ1) is 12.0. The van der Waals surface area contributed by atoms with Crippen molar-refractivity contribution in [3.63, 3.8) is 0 Å². The van der Waals surface area contributed by atoms with Crippen molar-refractivity contribution in [3.05, 3.63) is 0 Å². The van der Waals surface area contributed by atoms with Gasteiger partial charge in [-0.1, -0.05) is 35.7 Å². The van der Waals surface area contributed by atoms with Crippen LogP contribution in [0.4, 0.5) is 0 Å². The predicted octanol–water partition coefficient (Wildman–Crippen LogP) is 2.86. The van der Waals surface area contributed by atoms with Gasteiger partial charge in [-0.05, 0) is 26.7 Å². The average Bonchev–Trinajstić information content (AvgIpc) is 2.53. The summed E-state index contributed by atoms with van der Waals surface area (Å²) in [5, 5.41) is 3.90. The van der Waals surface area contributed by atoms with Crippen molar-refractivity contribution in [2.75, 3.05) is 5.33 Å². The molecule has 1 amide bonds. The second-order valence-corrected chi connectivity index (χ2v) is 5.80. The van der Waals surface area contributed by atoms with E-state index in [1.54, 1.807) is 0 Å². The van der Waals surface area contributed by atoms with E-state index in [1.807, 2.05) is 13.8 Å². The third-order valence-electron chi connectivity index (χ3n) is 3.04. The number of hydrogen-bond acceptors (Lipinski definition) is 1. The molecule has 2 nitrogen and oxygen atoms in total. The maximum atomic E-state index is 12.0. The van der Waals surface area contributed by atoms with Crippen LogP contribution in [0.5, 0.6) is 0 Å². The maximum Gasteiger partial charge on any atom is 0.226 e. The Morgan fingerprint density at radius 2 is 1.93 bits per heavy atom. The highest BCUT2D eigenvalue weighted by molar-refractivity contribution is 9.09. The fourth-order valence-electron chi connectivity index (χ4n) is 1.87. The van der Waals surface area contributed by atoms with Crippen LogP contribution in [0, 0.1) is 5.41 Å². The van der Waals surface area contributed by atoms with Gasteiger partial charge in [-0.15, -0.1) is 0 Å². The van der Waals surface area contributed by atoms with E-state index in [4.69, 9.17) is 0 Å². The lowest BCUT2D eigenvalue weighted by atomic mass is 9.87. The number of rotatable bonds is 3. The number of halogens is 1. The van der Waals surface area contributed by atoms with Crippen LogP contribution < -0.4 is 5.32 Å². The highest BCUT2D eigenvalue weighted by Gasteiger charge is 2.38. The van der Waals surface area contributed by atoms with Crippen molar-refractivity contribution in [2.24, 2.45) is 5.41 Å². The summed E-state index contributed by atoms with van der Waals surface area (Å²) in [7, 11) is 0. The van der Waals surface area contributed by atoms with Crippen LogP contribution in [0.15, 0.2) is 0 Å². The third kappa shape index (κ3) is 2.72. The number of carbonyl (C=O) groups excluding carboxylic acids is 1. The Morgan fingerprint density at radius 1 is 1.43 bits per heavy atom. The zero-order chi connectivity index (χ0) is 10.8. The van der Waals surface area contributed by atoms with E-state index in [0.717, 1.165) is 18.2 Å². The number of hydrogen-bond donors (Lipinski definition) is 1. The Bertz CT molecular complexity index is 219. The molecule has 0 aliphatic heterocycles. The minimum absolute atomic E-state index is 0.112. The predicted molar refractivity (Wildman–Crippen MR) is 62.6 cm³/mol. The molecule has 0 saturated heterocycles. The van der Waals surface area contributed by atoms with Gasteiger partial charge in [0.15, 0.2) is 0 Å². The first-order valence-electron chi connectivity index (χ1n) is 5.28. The molecule has 0 aromatic heterocycles. The summed E-state index contributed by atoms with van der Waals surface area (Å²) in [6, 6.07) is 0. The van der Waals surface area contributed by atoms with Gasteiger partial charge in [-0.2, -0.15) is 0 Å². The van der Waals surface area contributed by atoms with E-state index in [9.17, 15) is 4.79 Å². The van der Waals surface area contributed by atoms with Crippen LogP contribution in [-0.4, -0.2) is 16.8 Å². The summed E-state index contributed by atoms with van der Waals surface area (Å²) >= 11 is 3.41. The smallest absolute Gasteiger partial charge is 0.226 e. The fraction of sp³-hybridized carbons (Fsp3) is 0.909. The molecule has 82 valence electrons. The van der Waals surface area contributed by atoms with Gasteiger partial charge in [0.2, 0.25) is 5.91 Å². The molecule has 0 spiro atoms. The molecule has 3 heteroatoms. The lowest BCUT2D eigenvalue weighted by Gasteiger charge is -2.30. The number of alkyl halides is 1. The average molecular weight is 262 g/mol. The summed E-state index contributed by atoms with van der Waals surface area (Å²) in [6.45, 7) is 6.16. The Hall–Kier alpha value is -0.0500. The van der Waals surface area contributed by atoms with Gasteiger partial charge < -0.3 is 5.32 Å². The van der Waals surface area contributed by atoms with Gasteiger partial charge in [0, 0.05) is 16.3 Å². The summed E-state index contributed by atoms with van der Waals surface area (Å²) in [4.78, 5) is 12.0. The fourth-order valence-corrected chi connectivity index (χ4v) is 2.01. The summed E-state index contributed by atoms with van der Waals surface area (Å²) in [5.41, 5.74) is -0.248. The molecule has 1 aliphatic rings.